The first-order valence-electron chi connectivity index (χ1n) is 23.9. The average molecular weight is 831 g/mol. The molecule has 4 aromatic rings. The SMILES string of the molecule is CC(C)C1=Cc2c(ccc(C(C)C)c2-c2cc(C(C)(C)C)cc(C(C)(C)C)c2)C1C[Si]CC1C(C(C)C)=Cc2c1ccc(C(C)C)c2-c1cc(C(C)(C)C)cc(C(C)(C)C)c1. The van der Waals surface area contributed by atoms with Crippen molar-refractivity contribution in [2.45, 2.75) is 196 Å². The lowest BCUT2D eigenvalue weighted by Gasteiger charge is -2.28. The van der Waals surface area contributed by atoms with Crippen LogP contribution in [0, 0.1) is 11.8 Å². The van der Waals surface area contributed by atoms with E-state index in [0.29, 0.717) is 35.5 Å². The molecule has 61 heavy (non-hydrogen) atoms. The summed E-state index contributed by atoms with van der Waals surface area (Å²) in [5, 5.41) is 0. The molecule has 2 unspecified atom stereocenters. The van der Waals surface area contributed by atoms with Gasteiger partial charge in [-0.25, -0.2) is 0 Å². The van der Waals surface area contributed by atoms with Crippen molar-refractivity contribution < 1.29 is 0 Å². The van der Waals surface area contributed by atoms with Crippen LogP contribution >= 0.6 is 0 Å². The molecule has 0 aromatic heterocycles. The summed E-state index contributed by atoms with van der Waals surface area (Å²) >= 11 is 0. The predicted molar refractivity (Wildman–Crippen MR) is 273 cm³/mol. The molecule has 2 aliphatic carbocycles. The number of fused-ring (bicyclic) bond motifs is 2. The molecule has 0 bridgehead atoms. The lowest BCUT2D eigenvalue weighted by molar-refractivity contribution is 0.568. The topological polar surface area (TPSA) is 0 Å². The van der Waals surface area contributed by atoms with Gasteiger partial charge in [-0.3, -0.25) is 0 Å². The van der Waals surface area contributed by atoms with Crippen molar-refractivity contribution in [3.8, 4) is 22.3 Å². The Balaban J connectivity index is 1.42. The second-order valence-electron chi connectivity index (χ2n) is 24.3. The molecule has 0 aliphatic heterocycles. The molecule has 326 valence electrons. The highest BCUT2D eigenvalue weighted by molar-refractivity contribution is 6.36. The van der Waals surface area contributed by atoms with Gasteiger partial charge in [0.05, 0.1) is 0 Å². The Morgan fingerprint density at radius 2 is 0.705 bits per heavy atom. The van der Waals surface area contributed by atoms with Gasteiger partial charge in [-0.2, -0.15) is 0 Å². The van der Waals surface area contributed by atoms with Crippen LogP contribution in [0.2, 0.25) is 12.1 Å². The number of hydrogen-bond acceptors (Lipinski definition) is 0. The highest BCUT2D eigenvalue weighted by atomic mass is 28.2. The smallest absolute Gasteiger partial charge is 0.0397 e. The van der Waals surface area contributed by atoms with E-state index in [4.69, 9.17) is 0 Å². The summed E-state index contributed by atoms with van der Waals surface area (Å²) < 4.78 is 0. The third-order valence-electron chi connectivity index (χ3n) is 14.0. The zero-order chi connectivity index (χ0) is 45.3. The summed E-state index contributed by atoms with van der Waals surface area (Å²) in [5.41, 5.74) is 24.0. The molecule has 2 atom stereocenters. The van der Waals surface area contributed by atoms with Crippen LogP contribution in [0.25, 0.3) is 34.4 Å². The van der Waals surface area contributed by atoms with E-state index in [9.17, 15) is 0 Å². The zero-order valence-corrected chi connectivity index (χ0v) is 43.3. The van der Waals surface area contributed by atoms with Gasteiger partial charge in [0.2, 0.25) is 0 Å². The van der Waals surface area contributed by atoms with Crippen molar-refractivity contribution in [3.05, 3.63) is 127 Å². The van der Waals surface area contributed by atoms with Crippen molar-refractivity contribution in [2.75, 3.05) is 0 Å². The Morgan fingerprint density at radius 1 is 0.410 bits per heavy atom. The molecular formula is C60H82Si. The lowest BCUT2D eigenvalue weighted by Crippen LogP contribution is -2.17. The minimum absolute atomic E-state index is 0.0691. The first kappa shape index (κ1) is 47.1. The average Bonchev–Trinajstić information content (AvgIpc) is 3.71. The Hall–Kier alpha value is -3.42. The van der Waals surface area contributed by atoms with Crippen LogP contribution in [-0.4, -0.2) is 9.52 Å². The quantitative estimate of drug-likeness (QED) is 0.140. The van der Waals surface area contributed by atoms with E-state index in [1.807, 2.05) is 0 Å². The second kappa shape index (κ2) is 16.9. The van der Waals surface area contributed by atoms with E-state index < -0.39 is 0 Å². The Morgan fingerprint density at radius 3 is 0.951 bits per heavy atom. The molecule has 0 amide bonds. The highest BCUT2D eigenvalue weighted by Crippen LogP contribution is 2.52. The van der Waals surface area contributed by atoms with Crippen molar-refractivity contribution in [2.24, 2.45) is 11.8 Å². The molecule has 0 nitrogen and oxygen atoms in total. The van der Waals surface area contributed by atoms with E-state index in [1.165, 1.54) is 78.8 Å². The van der Waals surface area contributed by atoms with Gasteiger partial charge in [0, 0.05) is 21.4 Å². The molecule has 0 fully saturated rings. The van der Waals surface area contributed by atoms with Crippen molar-refractivity contribution in [3.63, 3.8) is 0 Å². The van der Waals surface area contributed by atoms with Crippen LogP contribution in [0.15, 0.2) is 71.8 Å². The van der Waals surface area contributed by atoms with E-state index in [2.05, 4.69) is 211 Å². The molecule has 2 aliphatic rings. The van der Waals surface area contributed by atoms with Crippen LogP contribution in [0.1, 0.15) is 218 Å². The number of rotatable bonds is 10. The second-order valence-corrected chi connectivity index (χ2v) is 25.7. The summed E-state index contributed by atoms with van der Waals surface area (Å²) in [6.45, 7) is 47.6. The fraction of sp³-hybridized carbons (Fsp3) is 0.533. The molecule has 1 heteroatoms. The number of benzene rings is 4. The van der Waals surface area contributed by atoms with Gasteiger partial charge in [0.1, 0.15) is 0 Å². The van der Waals surface area contributed by atoms with Gasteiger partial charge in [-0.1, -0.05) is 235 Å². The van der Waals surface area contributed by atoms with Gasteiger partial charge in [0.15, 0.2) is 0 Å². The third kappa shape index (κ3) is 9.59. The molecule has 4 aromatic carbocycles. The maximum Gasteiger partial charge on any atom is 0.0397 e. The van der Waals surface area contributed by atoms with E-state index in [1.54, 1.807) is 22.3 Å². The van der Waals surface area contributed by atoms with Crippen molar-refractivity contribution in [1.82, 2.24) is 0 Å². The predicted octanol–water partition coefficient (Wildman–Crippen LogP) is 18.0. The van der Waals surface area contributed by atoms with Crippen LogP contribution in [0.5, 0.6) is 0 Å². The van der Waals surface area contributed by atoms with Crippen molar-refractivity contribution >= 4 is 21.7 Å². The fourth-order valence-corrected chi connectivity index (χ4v) is 11.6. The Kier molecular flexibility index (Phi) is 13.1. The Labute approximate surface area is 377 Å². The maximum atomic E-state index is 2.64. The van der Waals surface area contributed by atoms with Crippen LogP contribution < -0.4 is 0 Å². The molecular weight excluding hydrogens is 749 g/mol. The van der Waals surface area contributed by atoms with E-state index in [0.717, 1.165) is 9.52 Å². The first-order chi connectivity index (χ1) is 28.1. The minimum atomic E-state index is 0.0691. The summed E-state index contributed by atoms with van der Waals surface area (Å²) in [6, 6.07) is 27.5. The number of hydrogen-bond donors (Lipinski definition) is 0. The van der Waals surface area contributed by atoms with Gasteiger partial charge in [0.25, 0.3) is 0 Å². The number of allylic oxidation sites excluding steroid dienone is 2. The lowest BCUT2D eigenvalue weighted by atomic mass is 9.77. The third-order valence-corrected chi connectivity index (χ3v) is 15.4. The Bertz CT molecular complexity index is 2090. The van der Waals surface area contributed by atoms with Gasteiger partial charge < -0.3 is 0 Å². The molecule has 0 saturated carbocycles. The van der Waals surface area contributed by atoms with Crippen LogP contribution in [-0.2, 0) is 21.7 Å². The fourth-order valence-electron chi connectivity index (χ4n) is 9.97. The van der Waals surface area contributed by atoms with Gasteiger partial charge >= 0.3 is 0 Å². The van der Waals surface area contributed by atoms with E-state index >= 15 is 0 Å². The van der Waals surface area contributed by atoms with Gasteiger partial charge in [-0.15, -0.1) is 0 Å². The van der Waals surface area contributed by atoms with Crippen LogP contribution in [0.4, 0.5) is 0 Å². The van der Waals surface area contributed by atoms with Gasteiger partial charge in [-0.05, 0) is 123 Å². The molecule has 0 saturated heterocycles. The molecule has 2 radical (unpaired) electrons. The molecule has 0 heterocycles. The zero-order valence-electron chi connectivity index (χ0n) is 42.3. The summed E-state index contributed by atoms with van der Waals surface area (Å²) in [4.78, 5) is 0. The van der Waals surface area contributed by atoms with Crippen LogP contribution in [0.3, 0.4) is 0 Å². The normalized spacial score (nSPS) is 17.2. The summed E-state index contributed by atoms with van der Waals surface area (Å²) in [5.74, 6) is 2.80. The summed E-state index contributed by atoms with van der Waals surface area (Å²) in [6.07, 6.45) is 5.27. The minimum Gasteiger partial charge on any atom is -0.0598 e. The monoisotopic (exact) mass is 831 g/mol. The molecule has 6 rings (SSSR count). The van der Waals surface area contributed by atoms with Crippen molar-refractivity contribution in [1.29, 1.82) is 0 Å². The highest BCUT2D eigenvalue weighted by Gasteiger charge is 2.35. The van der Waals surface area contributed by atoms with E-state index in [-0.39, 0.29) is 21.7 Å². The maximum absolute atomic E-state index is 2.64. The largest absolute Gasteiger partial charge is 0.0598 e. The standard InChI is InChI=1S/C60H82Si/c1-35(2)45-21-23-47-51(55(45)39-25-41(57(9,10)11)29-42(26-39)58(12,13)14)31-49(37(5)6)53(47)33-61-34-54-48-24-22-46(36(3)4)56(52(48)32-50(54)38(7)8)40-27-43(59(15,16)17)30-44(28-40)60(18,19)20/h21-32,35-38,53-54H,33-34H2,1-20H3. The first-order valence-corrected chi connectivity index (χ1v) is 25.3. The molecule has 0 N–H and O–H groups in total. The molecule has 0 spiro atoms. The summed E-state index contributed by atoms with van der Waals surface area (Å²) in [7, 11) is 0.873.